The molecule has 2 aliphatic heterocycles. The number of rotatable bonds is 2. The molecule has 8 heteroatoms. The molecule has 2 aromatic carbocycles. The molecule has 6 nitrogen and oxygen atoms in total. The van der Waals surface area contributed by atoms with Crippen LogP contribution in [0.25, 0.3) is 10.9 Å². The Balaban J connectivity index is 1.60. The summed E-state index contributed by atoms with van der Waals surface area (Å²) >= 11 is 0. The minimum absolute atomic E-state index is 0.230. The molecule has 1 aromatic heterocycles. The van der Waals surface area contributed by atoms with Crippen LogP contribution in [-0.4, -0.2) is 51.8 Å². The number of aromatic nitrogens is 2. The van der Waals surface area contributed by atoms with Gasteiger partial charge in [-0.15, -0.1) is 0 Å². The average Bonchev–Trinajstić information content (AvgIpc) is 2.98. The fourth-order valence-corrected chi connectivity index (χ4v) is 5.44. The SMILES string of the molecule is Cc1ccc2nc(N3CCS(=O)c4ccccc4C3)nc(N3C[C@@H](N)[C@H](F)C3)c2c1. The van der Waals surface area contributed by atoms with Gasteiger partial charge in [-0.2, -0.15) is 4.98 Å². The van der Waals surface area contributed by atoms with Gasteiger partial charge in [0.1, 0.15) is 12.0 Å². The van der Waals surface area contributed by atoms with Crippen LogP contribution in [0.2, 0.25) is 0 Å². The maximum absolute atomic E-state index is 14.2. The Morgan fingerprint density at radius 2 is 1.97 bits per heavy atom. The number of benzene rings is 2. The average molecular weight is 426 g/mol. The van der Waals surface area contributed by atoms with Crippen molar-refractivity contribution < 1.29 is 8.60 Å². The third-order valence-electron chi connectivity index (χ3n) is 5.82. The van der Waals surface area contributed by atoms with Crippen LogP contribution in [0.3, 0.4) is 0 Å². The van der Waals surface area contributed by atoms with Crippen LogP contribution in [0.5, 0.6) is 0 Å². The van der Waals surface area contributed by atoms with Crippen molar-refractivity contribution in [1.82, 2.24) is 9.97 Å². The molecule has 1 fully saturated rings. The zero-order valence-electron chi connectivity index (χ0n) is 16.8. The first-order valence-electron chi connectivity index (χ1n) is 10.1. The highest BCUT2D eigenvalue weighted by Gasteiger charge is 2.32. The summed E-state index contributed by atoms with van der Waals surface area (Å²) in [6.07, 6.45) is -1.07. The number of halogens is 1. The van der Waals surface area contributed by atoms with Gasteiger partial charge in [-0.05, 0) is 30.7 Å². The number of fused-ring (bicyclic) bond motifs is 2. The molecule has 3 aromatic rings. The highest BCUT2D eigenvalue weighted by molar-refractivity contribution is 7.85. The highest BCUT2D eigenvalue weighted by Crippen LogP contribution is 2.31. The predicted molar refractivity (Wildman–Crippen MR) is 118 cm³/mol. The number of aryl methyl sites for hydroxylation is 1. The van der Waals surface area contributed by atoms with E-state index >= 15 is 0 Å². The number of nitrogens with two attached hydrogens (primary N) is 1. The van der Waals surface area contributed by atoms with Crippen LogP contribution in [0.15, 0.2) is 47.4 Å². The lowest BCUT2D eigenvalue weighted by Gasteiger charge is -2.24. The molecular formula is C22H24FN5OS. The molecule has 156 valence electrons. The van der Waals surface area contributed by atoms with E-state index in [2.05, 4.69) is 4.90 Å². The number of alkyl halides is 1. The Morgan fingerprint density at radius 3 is 2.77 bits per heavy atom. The monoisotopic (exact) mass is 425 g/mol. The van der Waals surface area contributed by atoms with Crippen molar-refractivity contribution in [2.24, 2.45) is 5.73 Å². The third kappa shape index (κ3) is 3.44. The van der Waals surface area contributed by atoms with Crippen molar-refractivity contribution in [2.45, 2.75) is 30.6 Å². The van der Waals surface area contributed by atoms with E-state index in [1.165, 1.54) is 0 Å². The molecule has 3 atom stereocenters. The lowest BCUT2D eigenvalue weighted by molar-refractivity contribution is 0.333. The quantitative estimate of drug-likeness (QED) is 0.680. The number of anilines is 2. The van der Waals surface area contributed by atoms with Crippen molar-refractivity contribution in [1.29, 1.82) is 0 Å². The molecule has 0 radical (unpaired) electrons. The smallest absolute Gasteiger partial charge is 0.228 e. The highest BCUT2D eigenvalue weighted by atomic mass is 32.2. The summed E-state index contributed by atoms with van der Waals surface area (Å²) in [6, 6.07) is 13.3. The molecule has 0 spiro atoms. The van der Waals surface area contributed by atoms with E-state index in [0.29, 0.717) is 37.2 Å². The summed E-state index contributed by atoms with van der Waals surface area (Å²) in [5, 5.41) is 0.902. The van der Waals surface area contributed by atoms with Crippen molar-refractivity contribution in [3.8, 4) is 0 Å². The van der Waals surface area contributed by atoms with Crippen molar-refractivity contribution >= 4 is 33.5 Å². The normalized spacial score (nSPS) is 24.2. The van der Waals surface area contributed by atoms with Crippen molar-refractivity contribution in [2.75, 3.05) is 35.2 Å². The molecule has 0 aliphatic carbocycles. The second kappa shape index (κ2) is 7.59. The Kier molecular flexibility index (Phi) is 4.91. The van der Waals surface area contributed by atoms with Gasteiger partial charge in [-0.25, -0.2) is 9.37 Å². The Morgan fingerprint density at radius 1 is 1.13 bits per heavy atom. The minimum Gasteiger partial charge on any atom is -0.351 e. The summed E-state index contributed by atoms with van der Waals surface area (Å²) in [5.74, 6) is 1.81. The number of hydrogen-bond acceptors (Lipinski definition) is 6. The predicted octanol–water partition coefficient (Wildman–Crippen LogP) is 2.55. The minimum atomic E-state index is -1.07. The first-order valence-corrected chi connectivity index (χ1v) is 11.5. The van der Waals surface area contributed by atoms with Gasteiger partial charge in [0.25, 0.3) is 0 Å². The molecule has 1 unspecified atom stereocenters. The summed E-state index contributed by atoms with van der Waals surface area (Å²) < 4.78 is 26.9. The summed E-state index contributed by atoms with van der Waals surface area (Å²) in [4.78, 5) is 14.6. The van der Waals surface area contributed by atoms with Crippen LogP contribution in [0.4, 0.5) is 16.2 Å². The van der Waals surface area contributed by atoms with Crippen LogP contribution in [0.1, 0.15) is 11.1 Å². The molecule has 0 bridgehead atoms. The lowest BCUT2D eigenvalue weighted by Crippen LogP contribution is -2.31. The third-order valence-corrected chi connectivity index (χ3v) is 7.26. The first-order chi connectivity index (χ1) is 14.5. The first kappa shape index (κ1) is 19.4. The summed E-state index contributed by atoms with van der Waals surface area (Å²) in [7, 11) is -1.05. The molecule has 2 aliphatic rings. The zero-order chi connectivity index (χ0) is 20.8. The fraction of sp³-hybridized carbons (Fsp3) is 0.364. The van der Waals surface area contributed by atoms with Gasteiger partial charge in [0.15, 0.2) is 0 Å². The Bertz CT molecular complexity index is 1130. The van der Waals surface area contributed by atoms with Crippen LogP contribution < -0.4 is 15.5 Å². The van der Waals surface area contributed by atoms with E-state index in [0.717, 1.165) is 26.9 Å². The van der Waals surface area contributed by atoms with E-state index in [1.54, 1.807) is 0 Å². The molecule has 3 heterocycles. The van der Waals surface area contributed by atoms with E-state index in [9.17, 15) is 8.60 Å². The number of hydrogen-bond donors (Lipinski definition) is 1. The van der Waals surface area contributed by atoms with Crippen molar-refractivity contribution in [3.63, 3.8) is 0 Å². The van der Waals surface area contributed by atoms with Crippen molar-refractivity contribution in [3.05, 3.63) is 53.6 Å². The van der Waals surface area contributed by atoms with Gasteiger partial charge < -0.3 is 15.5 Å². The molecule has 0 saturated carbocycles. The molecule has 0 amide bonds. The molecule has 5 rings (SSSR count). The Hall–Kier alpha value is -2.58. The fourth-order valence-electron chi connectivity index (χ4n) is 4.17. The largest absolute Gasteiger partial charge is 0.351 e. The van der Waals surface area contributed by atoms with Gasteiger partial charge in [0.05, 0.1) is 28.9 Å². The van der Waals surface area contributed by atoms with Gasteiger partial charge >= 0.3 is 0 Å². The van der Waals surface area contributed by atoms with E-state index < -0.39 is 23.0 Å². The molecule has 2 N–H and O–H groups in total. The molecule has 30 heavy (non-hydrogen) atoms. The standard InChI is InChI=1S/C22H24FN5OS/c1-14-6-7-19-16(10-14)21(28-12-17(23)18(24)13-28)26-22(25-19)27-8-9-30(29)20-5-3-2-4-15(20)11-27/h2-7,10,17-18H,8-9,11-13,24H2,1H3/t17-,18-,30?/m1/s1. The molecule has 1 saturated heterocycles. The van der Waals surface area contributed by atoms with Gasteiger partial charge in [0, 0.05) is 35.7 Å². The topological polar surface area (TPSA) is 75.4 Å². The zero-order valence-corrected chi connectivity index (χ0v) is 17.6. The Labute approximate surface area is 177 Å². The van der Waals surface area contributed by atoms with Gasteiger partial charge in [0.2, 0.25) is 5.95 Å². The summed E-state index contributed by atoms with van der Waals surface area (Å²) in [6.45, 7) is 3.85. The van der Waals surface area contributed by atoms with Gasteiger partial charge in [-0.3, -0.25) is 4.21 Å². The van der Waals surface area contributed by atoms with Gasteiger partial charge in [-0.1, -0.05) is 29.8 Å². The second-order valence-corrected chi connectivity index (χ2v) is 9.57. The summed E-state index contributed by atoms with van der Waals surface area (Å²) in [5.41, 5.74) is 8.88. The lowest BCUT2D eigenvalue weighted by atomic mass is 10.1. The van der Waals surface area contributed by atoms with E-state index in [-0.39, 0.29) is 6.54 Å². The number of nitrogens with zero attached hydrogens (tertiary/aromatic N) is 4. The second-order valence-electron chi connectivity index (χ2n) is 8.03. The van der Waals surface area contributed by atoms with Crippen LogP contribution >= 0.6 is 0 Å². The maximum Gasteiger partial charge on any atom is 0.228 e. The van der Waals surface area contributed by atoms with E-state index in [4.69, 9.17) is 15.7 Å². The van der Waals surface area contributed by atoms with Crippen LogP contribution in [-0.2, 0) is 17.3 Å². The van der Waals surface area contributed by atoms with E-state index in [1.807, 2.05) is 54.3 Å². The van der Waals surface area contributed by atoms with Crippen LogP contribution in [0, 0.1) is 6.92 Å². The maximum atomic E-state index is 14.2. The molecular weight excluding hydrogens is 401 g/mol.